The summed E-state index contributed by atoms with van der Waals surface area (Å²) in [5.74, 6) is -1.02. The third kappa shape index (κ3) is 3.41. The number of carbonyl (C=O) groups is 3. The Hall–Kier alpha value is -3.18. The number of thiophene rings is 1. The number of hydrogen-bond donors (Lipinski definition) is 2. The minimum atomic E-state index is -1.21. The molecule has 138 valence electrons. The number of nitriles is 1. The van der Waals surface area contributed by atoms with Crippen LogP contribution in [0.15, 0.2) is 36.4 Å². The first kappa shape index (κ1) is 18.6. The fraction of sp³-hybridized carbons (Fsp3) is 0.263. The minimum absolute atomic E-state index is 0.372. The molecule has 4 amide bonds. The molecule has 0 spiro atoms. The van der Waals surface area contributed by atoms with Crippen molar-refractivity contribution in [1.82, 2.24) is 10.2 Å². The maximum atomic E-state index is 12.8. The first-order valence-electron chi connectivity index (χ1n) is 8.41. The van der Waals surface area contributed by atoms with E-state index in [0.29, 0.717) is 16.1 Å². The number of nitrogens with one attached hydrogen (secondary N) is 2. The molecule has 1 aliphatic rings. The van der Waals surface area contributed by atoms with Gasteiger partial charge >= 0.3 is 6.03 Å². The van der Waals surface area contributed by atoms with Crippen molar-refractivity contribution in [2.75, 3.05) is 11.9 Å². The molecule has 1 saturated heterocycles. The standard InChI is InChI=1S/C19H18N4O3S/c1-3-14-9-12(10-20)16(27-14)21-15(24)11-23-17(25)19(2,22-18(23)26)13-7-5-4-6-8-13/h4-9H,3,11H2,1-2H3,(H,21,24)(H,22,26)/t19-/m1/s1. The molecule has 8 heteroatoms. The van der Waals surface area contributed by atoms with Gasteiger partial charge in [0, 0.05) is 4.88 Å². The predicted octanol–water partition coefficient (Wildman–Crippen LogP) is 2.59. The molecule has 27 heavy (non-hydrogen) atoms. The van der Waals surface area contributed by atoms with Gasteiger partial charge in [-0.05, 0) is 25.0 Å². The summed E-state index contributed by atoms with van der Waals surface area (Å²) >= 11 is 1.31. The maximum Gasteiger partial charge on any atom is 0.325 e. The molecule has 2 aromatic rings. The molecule has 0 bridgehead atoms. The van der Waals surface area contributed by atoms with Crippen LogP contribution in [0.2, 0.25) is 0 Å². The molecule has 1 fully saturated rings. The van der Waals surface area contributed by atoms with Gasteiger partial charge in [-0.25, -0.2) is 4.79 Å². The quantitative estimate of drug-likeness (QED) is 0.776. The highest BCUT2D eigenvalue weighted by Gasteiger charge is 2.49. The minimum Gasteiger partial charge on any atom is -0.319 e. The van der Waals surface area contributed by atoms with Gasteiger partial charge in [-0.1, -0.05) is 37.3 Å². The van der Waals surface area contributed by atoms with Crippen molar-refractivity contribution < 1.29 is 14.4 Å². The Balaban J connectivity index is 1.75. The van der Waals surface area contributed by atoms with Crippen LogP contribution in [0, 0.1) is 11.3 Å². The Kier molecular flexibility index (Phi) is 4.97. The molecule has 1 aromatic carbocycles. The summed E-state index contributed by atoms with van der Waals surface area (Å²) in [6.07, 6.45) is 0.748. The zero-order valence-electron chi connectivity index (χ0n) is 14.9. The van der Waals surface area contributed by atoms with Crippen molar-refractivity contribution in [3.63, 3.8) is 0 Å². The van der Waals surface area contributed by atoms with Crippen LogP contribution in [0.4, 0.5) is 9.80 Å². The highest BCUT2D eigenvalue weighted by Crippen LogP contribution is 2.30. The van der Waals surface area contributed by atoms with E-state index < -0.39 is 29.9 Å². The van der Waals surface area contributed by atoms with Crippen molar-refractivity contribution in [2.24, 2.45) is 0 Å². The SMILES string of the molecule is CCc1cc(C#N)c(NC(=O)CN2C(=O)N[C@](C)(c3ccccc3)C2=O)s1. The van der Waals surface area contributed by atoms with Crippen molar-refractivity contribution >= 4 is 34.2 Å². The molecule has 2 N–H and O–H groups in total. The summed E-state index contributed by atoms with van der Waals surface area (Å²) in [5.41, 5.74) is -0.199. The molecule has 0 aliphatic carbocycles. The Morgan fingerprint density at radius 2 is 2.04 bits per heavy atom. The Labute approximate surface area is 160 Å². The van der Waals surface area contributed by atoms with Gasteiger partial charge in [-0.2, -0.15) is 5.26 Å². The number of imide groups is 1. The van der Waals surface area contributed by atoms with E-state index in [1.807, 2.05) is 19.1 Å². The zero-order valence-corrected chi connectivity index (χ0v) is 15.7. The van der Waals surface area contributed by atoms with Crippen LogP contribution in [0.25, 0.3) is 0 Å². The van der Waals surface area contributed by atoms with Gasteiger partial charge in [0.25, 0.3) is 5.91 Å². The lowest BCUT2D eigenvalue weighted by Gasteiger charge is -2.22. The van der Waals surface area contributed by atoms with Gasteiger partial charge in [0.2, 0.25) is 5.91 Å². The highest BCUT2D eigenvalue weighted by atomic mass is 32.1. The smallest absolute Gasteiger partial charge is 0.319 e. The summed E-state index contributed by atoms with van der Waals surface area (Å²) in [4.78, 5) is 39.4. The highest BCUT2D eigenvalue weighted by molar-refractivity contribution is 7.16. The average Bonchev–Trinajstić information content (AvgIpc) is 3.16. The van der Waals surface area contributed by atoms with Gasteiger partial charge in [-0.3, -0.25) is 14.5 Å². The normalized spacial score (nSPS) is 18.9. The van der Waals surface area contributed by atoms with Crippen molar-refractivity contribution in [2.45, 2.75) is 25.8 Å². The van der Waals surface area contributed by atoms with Crippen LogP contribution in [0.1, 0.15) is 29.9 Å². The Morgan fingerprint density at radius 3 is 2.67 bits per heavy atom. The third-order valence-electron chi connectivity index (χ3n) is 4.43. The number of anilines is 1. The second kappa shape index (κ2) is 7.21. The van der Waals surface area contributed by atoms with Crippen LogP contribution in [-0.4, -0.2) is 29.3 Å². The van der Waals surface area contributed by atoms with E-state index in [4.69, 9.17) is 0 Å². The summed E-state index contributed by atoms with van der Waals surface area (Å²) in [6.45, 7) is 3.15. The van der Waals surface area contributed by atoms with Gasteiger partial charge in [0.15, 0.2) is 0 Å². The number of carbonyl (C=O) groups excluding carboxylic acids is 3. The van der Waals surface area contributed by atoms with E-state index in [9.17, 15) is 19.6 Å². The van der Waals surface area contributed by atoms with Gasteiger partial charge in [0.1, 0.15) is 23.2 Å². The fourth-order valence-electron chi connectivity index (χ4n) is 2.91. The lowest BCUT2D eigenvalue weighted by Crippen LogP contribution is -2.42. The van der Waals surface area contributed by atoms with Crippen LogP contribution in [-0.2, 0) is 21.5 Å². The monoisotopic (exact) mass is 382 g/mol. The van der Waals surface area contributed by atoms with Crippen LogP contribution >= 0.6 is 11.3 Å². The summed E-state index contributed by atoms with van der Waals surface area (Å²) < 4.78 is 0. The van der Waals surface area contributed by atoms with Crippen LogP contribution in [0.3, 0.4) is 0 Å². The van der Waals surface area contributed by atoms with Crippen molar-refractivity contribution in [3.8, 4) is 6.07 Å². The van der Waals surface area contributed by atoms with Crippen LogP contribution in [0.5, 0.6) is 0 Å². The molecule has 1 atom stereocenters. The summed E-state index contributed by atoms with van der Waals surface area (Å²) in [5, 5.41) is 14.9. The molecule has 0 unspecified atom stereocenters. The van der Waals surface area contributed by atoms with Gasteiger partial charge < -0.3 is 10.6 Å². The summed E-state index contributed by atoms with van der Waals surface area (Å²) in [7, 11) is 0. The molecule has 0 radical (unpaired) electrons. The first-order valence-corrected chi connectivity index (χ1v) is 9.23. The Morgan fingerprint density at radius 1 is 1.33 bits per heavy atom. The van der Waals surface area contributed by atoms with Crippen molar-refractivity contribution in [1.29, 1.82) is 5.26 Å². The number of urea groups is 1. The number of hydrogen-bond acceptors (Lipinski definition) is 5. The van der Waals surface area contributed by atoms with Crippen LogP contribution < -0.4 is 10.6 Å². The number of nitrogens with zero attached hydrogens (tertiary/aromatic N) is 2. The third-order valence-corrected chi connectivity index (χ3v) is 5.63. The average molecular weight is 382 g/mol. The maximum absolute atomic E-state index is 12.8. The van der Waals surface area contributed by atoms with E-state index in [-0.39, 0.29) is 0 Å². The number of rotatable bonds is 5. The van der Waals surface area contributed by atoms with E-state index in [1.54, 1.807) is 37.3 Å². The van der Waals surface area contributed by atoms with E-state index in [1.165, 1.54) is 11.3 Å². The van der Waals surface area contributed by atoms with E-state index in [2.05, 4.69) is 10.6 Å². The predicted molar refractivity (Wildman–Crippen MR) is 101 cm³/mol. The van der Waals surface area contributed by atoms with E-state index >= 15 is 0 Å². The number of amides is 4. The molecular weight excluding hydrogens is 364 g/mol. The molecule has 1 aliphatic heterocycles. The molecular formula is C19H18N4O3S. The topological polar surface area (TPSA) is 102 Å². The molecule has 0 saturated carbocycles. The zero-order chi connectivity index (χ0) is 19.6. The largest absolute Gasteiger partial charge is 0.325 e. The lowest BCUT2D eigenvalue weighted by molar-refractivity contribution is -0.133. The molecule has 3 rings (SSSR count). The summed E-state index contributed by atoms with van der Waals surface area (Å²) in [6, 6.07) is 12.0. The fourth-order valence-corrected chi connectivity index (χ4v) is 3.87. The van der Waals surface area contributed by atoms with Gasteiger partial charge in [-0.15, -0.1) is 11.3 Å². The van der Waals surface area contributed by atoms with Gasteiger partial charge in [0.05, 0.1) is 5.56 Å². The molecule has 7 nitrogen and oxygen atoms in total. The number of benzene rings is 1. The van der Waals surface area contributed by atoms with Crippen molar-refractivity contribution in [3.05, 3.63) is 52.4 Å². The first-order chi connectivity index (χ1) is 12.9. The molecule has 2 heterocycles. The lowest BCUT2D eigenvalue weighted by atomic mass is 9.92. The second-order valence-electron chi connectivity index (χ2n) is 6.28. The Bertz CT molecular complexity index is 948. The second-order valence-corrected chi connectivity index (χ2v) is 7.42. The van der Waals surface area contributed by atoms with E-state index in [0.717, 1.165) is 16.2 Å². The molecule has 1 aromatic heterocycles. The number of aryl methyl sites for hydroxylation is 1.